The predicted molar refractivity (Wildman–Crippen MR) is 84.3 cm³/mol. The first kappa shape index (κ1) is 15.0. The number of nitrogen functional groups attached to an aromatic ring is 1. The van der Waals surface area contributed by atoms with Crippen LogP contribution in [-0.4, -0.2) is 22.4 Å². The molecule has 118 valence electrons. The number of benzene rings is 1. The molecule has 1 aliphatic carbocycles. The fourth-order valence-corrected chi connectivity index (χ4v) is 2.24. The molecule has 1 heterocycles. The lowest BCUT2D eigenvalue weighted by Gasteiger charge is -2.16. The molecule has 23 heavy (non-hydrogen) atoms. The van der Waals surface area contributed by atoms with Gasteiger partial charge in [0.05, 0.1) is 11.3 Å². The maximum absolute atomic E-state index is 12.3. The van der Waals surface area contributed by atoms with Crippen LogP contribution < -0.4 is 11.1 Å². The maximum atomic E-state index is 12.3. The summed E-state index contributed by atoms with van der Waals surface area (Å²) in [6, 6.07) is 10.9. The number of nitrogens with zero attached hydrogens (tertiary/aromatic N) is 1. The van der Waals surface area contributed by atoms with Crippen molar-refractivity contribution < 1.29 is 14.3 Å². The number of esters is 1. The van der Waals surface area contributed by atoms with E-state index >= 15 is 0 Å². The van der Waals surface area contributed by atoms with Gasteiger partial charge in [0.2, 0.25) is 0 Å². The third-order valence-electron chi connectivity index (χ3n) is 3.73. The summed E-state index contributed by atoms with van der Waals surface area (Å²) >= 11 is 0. The van der Waals surface area contributed by atoms with Crippen molar-refractivity contribution >= 4 is 17.6 Å². The van der Waals surface area contributed by atoms with E-state index in [-0.39, 0.29) is 12.5 Å². The zero-order valence-corrected chi connectivity index (χ0v) is 12.5. The van der Waals surface area contributed by atoms with Crippen molar-refractivity contribution in [3.05, 3.63) is 59.9 Å². The summed E-state index contributed by atoms with van der Waals surface area (Å²) < 4.78 is 5.32. The molecular weight excluding hydrogens is 294 g/mol. The molecular formula is C17H17N3O3. The minimum atomic E-state index is -0.920. The standard InChI is InChI=1S/C17H17N3O3/c18-14-8-13(9-19-10-14)15(21)20-17(6-7-17)16(22)23-11-12-4-2-1-3-5-12/h1-5,8-10H,6-7,11,18H2,(H,20,21). The van der Waals surface area contributed by atoms with Crippen LogP contribution in [0.25, 0.3) is 0 Å². The zero-order valence-electron chi connectivity index (χ0n) is 12.5. The summed E-state index contributed by atoms with van der Waals surface area (Å²) in [6.07, 6.45) is 4.01. The van der Waals surface area contributed by atoms with Crippen molar-refractivity contribution in [2.24, 2.45) is 0 Å². The smallest absolute Gasteiger partial charge is 0.332 e. The predicted octanol–water partition coefficient (Wildman–Crippen LogP) is 1.67. The maximum Gasteiger partial charge on any atom is 0.332 e. The number of nitrogens with two attached hydrogens (primary N) is 1. The molecule has 2 aromatic rings. The summed E-state index contributed by atoms with van der Waals surface area (Å²) in [5.41, 5.74) is 6.32. The van der Waals surface area contributed by atoms with Gasteiger partial charge in [0.15, 0.2) is 0 Å². The van der Waals surface area contributed by atoms with Gasteiger partial charge in [-0.05, 0) is 24.5 Å². The van der Waals surface area contributed by atoms with Crippen LogP contribution in [0.3, 0.4) is 0 Å². The largest absolute Gasteiger partial charge is 0.459 e. The molecule has 0 spiro atoms. The second-order valence-corrected chi connectivity index (χ2v) is 5.60. The number of carbonyl (C=O) groups is 2. The fraction of sp³-hybridized carbons (Fsp3) is 0.235. The average Bonchev–Trinajstić information content (AvgIpc) is 3.34. The molecule has 3 N–H and O–H groups in total. The van der Waals surface area contributed by atoms with Crippen LogP contribution in [0.15, 0.2) is 48.8 Å². The first-order valence-corrected chi connectivity index (χ1v) is 7.33. The highest BCUT2D eigenvalue weighted by Crippen LogP contribution is 2.37. The number of amides is 1. The zero-order chi connectivity index (χ0) is 16.3. The van der Waals surface area contributed by atoms with E-state index in [0.29, 0.717) is 24.1 Å². The van der Waals surface area contributed by atoms with E-state index in [1.165, 1.54) is 18.5 Å². The van der Waals surface area contributed by atoms with Crippen molar-refractivity contribution in [3.63, 3.8) is 0 Å². The Morgan fingerprint density at radius 2 is 1.96 bits per heavy atom. The number of rotatable bonds is 5. The van der Waals surface area contributed by atoms with Crippen LogP contribution in [0.5, 0.6) is 0 Å². The fourth-order valence-electron chi connectivity index (χ4n) is 2.24. The van der Waals surface area contributed by atoms with E-state index in [9.17, 15) is 9.59 Å². The SMILES string of the molecule is Nc1cncc(C(=O)NC2(C(=O)OCc3ccccc3)CC2)c1. The van der Waals surface area contributed by atoms with Gasteiger partial charge in [0.25, 0.3) is 5.91 Å². The van der Waals surface area contributed by atoms with Crippen molar-refractivity contribution in [1.29, 1.82) is 0 Å². The van der Waals surface area contributed by atoms with Gasteiger partial charge in [0.1, 0.15) is 12.1 Å². The van der Waals surface area contributed by atoms with E-state index < -0.39 is 11.5 Å². The molecule has 1 saturated carbocycles. The first-order valence-electron chi connectivity index (χ1n) is 7.33. The minimum Gasteiger partial charge on any atom is -0.459 e. The number of anilines is 1. The topological polar surface area (TPSA) is 94.3 Å². The van der Waals surface area contributed by atoms with Gasteiger partial charge in [-0.3, -0.25) is 9.78 Å². The van der Waals surface area contributed by atoms with Gasteiger partial charge in [0, 0.05) is 12.4 Å². The Labute approximate surface area is 133 Å². The van der Waals surface area contributed by atoms with Gasteiger partial charge >= 0.3 is 5.97 Å². The number of carbonyl (C=O) groups excluding carboxylic acids is 2. The van der Waals surface area contributed by atoms with Crippen molar-refractivity contribution in [2.45, 2.75) is 25.0 Å². The van der Waals surface area contributed by atoms with Crippen LogP contribution in [0.4, 0.5) is 5.69 Å². The first-order chi connectivity index (χ1) is 11.1. The summed E-state index contributed by atoms with van der Waals surface area (Å²) in [5, 5.41) is 2.74. The molecule has 1 fully saturated rings. The molecule has 1 aromatic carbocycles. The van der Waals surface area contributed by atoms with Crippen molar-refractivity contribution in [2.75, 3.05) is 5.73 Å². The number of ether oxygens (including phenoxy) is 1. The highest BCUT2D eigenvalue weighted by atomic mass is 16.5. The van der Waals surface area contributed by atoms with E-state index in [2.05, 4.69) is 10.3 Å². The second kappa shape index (κ2) is 6.08. The lowest BCUT2D eigenvalue weighted by molar-refractivity contribution is -0.148. The molecule has 3 rings (SSSR count). The molecule has 0 radical (unpaired) electrons. The lowest BCUT2D eigenvalue weighted by Crippen LogP contribution is -2.44. The van der Waals surface area contributed by atoms with Gasteiger partial charge in [-0.15, -0.1) is 0 Å². The Kier molecular flexibility index (Phi) is 3.97. The molecule has 0 unspecified atom stereocenters. The normalized spacial score (nSPS) is 14.8. The molecule has 0 saturated heterocycles. The summed E-state index contributed by atoms with van der Waals surface area (Å²) in [4.78, 5) is 28.3. The molecule has 6 heteroatoms. The third kappa shape index (κ3) is 3.48. The van der Waals surface area contributed by atoms with E-state index in [1.807, 2.05) is 30.3 Å². The van der Waals surface area contributed by atoms with Gasteiger partial charge < -0.3 is 15.8 Å². The number of pyridine rings is 1. The Balaban J connectivity index is 1.61. The number of hydrogen-bond acceptors (Lipinski definition) is 5. The van der Waals surface area contributed by atoms with Crippen molar-refractivity contribution in [1.82, 2.24) is 10.3 Å². The van der Waals surface area contributed by atoms with Crippen LogP contribution in [0.1, 0.15) is 28.8 Å². The quantitative estimate of drug-likeness (QED) is 0.819. The van der Waals surface area contributed by atoms with Crippen LogP contribution in [0, 0.1) is 0 Å². The Bertz CT molecular complexity index is 727. The summed E-state index contributed by atoms with van der Waals surface area (Å²) in [5.74, 6) is -0.787. The molecule has 1 aliphatic rings. The summed E-state index contributed by atoms with van der Waals surface area (Å²) in [7, 11) is 0. The van der Waals surface area contributed by atoms with E-state index in [0.717, 1.165) is 5.56 Å². The van der Waals surface area contributed by atoms with Crippen LogP contribution in [0.2, 0.25) is 0 Å². The van der Waals surface area contributed by atoms with Gasteiger partial charge in [-0.2, -0.15) is 0 Å². The summed E-state index contributed by atoms with van der Waals surface area (Å²) in [6.45, 7) is 0.192. The molecule has 0 aliphatic heterocycles. The minimum absolute atomic E-state index is 0.192. The Morgan fingerprint density at radius 3 is 2.61 bits per heavy atom. The molecule has 0 atom stereocenters. The average molecular weight is 311 g/mol. The number of hydrogen-bond donors (Lipinski definition) is 2. The molecule has 1 aromatic heterocycles. The van der Waals surface area contributed by atoms with E-state index in [4.69, 9.17) is 10.5 Å². The highest BCUT2D eigenvalue weighted by Gasteiger charge is 2.52. The molecule has 6 nitrogen and oxygen atoms in total. The highest BCUT2D eigenvalue weighted by molar-refractivity contribution is 5.99. The van der Waals surface area contributed by atoms with E-state index in [1.54, 1.807) is 0 Å². The number of aromatic nitrogens is 1. The van der Waals surface area contributed by atoms with Crippen LogP contribution >= 0.6 is 0 Å². The van der Waals surface area contributed by atoms with Gasteiger partial charge in [-0.1, -0.05) is 30.3 Å². The molecule has 0 bridgehead atoms. The third-order valence-corrected chi connectivity index (χ3v) is 3.73. The van der Waals surface area contributed by atoms with Gasteiger partial charge in [-0.25, -0.2) is 4.79 Å². The Hall–Kier alpha value is -2.89. The van der Waals surface area contributed by atoms with Crippen molar-refractivity contribution in [3.8, 4) is 0 Å². The Morgan fingerprint density at radius 1 is 1.22 bits per heavy atom. The monoisotopic (exact) mass is 311 g/mol. The number of nitrogens with one attached hydrogen (secondary N) is 1. The molecule has 1 amide bonds. The lowest BCUT2D eigenvalue weighted by atomic mass is 10.2. The van der Waals surface area contributed by atoms with Crippen LogP contribution in [-0.2, 0) is 16.1 Å². The second-order valence-electron chi connectivity index (χ2n) is 5.60.